The molecule has 0 atom stereocenters. The predicted octanol–water partition coefficient (Wildman–Crippen LogP) is 2.92. The molecule has 8 nitrogen and oxygen atoms in total. The Morgan fingerprint density at radius 3 is 2.52 bits per heavy atom. The van der Waals surface area contributed by atoms with E-state index in [9.17, 15) is 0 Å². The molecule has 0 unspecified atom stereocenters. The van der Waals surface area contributed by atoms with Crippen LogP contribution >= 0.6 is 0 Å². The molecule has 1 aromatic carbocycles. The van der Waals surface area contributed by atoms with Gasteiger partial charge in [0, 0.05) is 55.9 Å². The maximum absolute atomic E-state index is 4.67. The second-order valence-corrected chi connectivity index (χ2v) is 8.09. The van der Waals surface area contributed by atoms with Crippen LogP contribution in [0.1, 0.15) is 18.5 Å². The van der Waals surface area contributed by atoms with Gasteiger partial charge >= 0.3 is 0 Å². The number of anilines is 1. The van der Waals surface area contributed by atoms with Crippen LogP contribution in [0.4, 0.5) is 5.82 Å². The molecule has 3 aromatic heterocycles. The molecule has 8 heteroatoms. The molecule has 4 heterocycles. The van der Waals surface area contributed by atoms with Crippen molar-refractivity contribution in [3.05, 3.63) is 60.8 Å². The average molecular weight is 415 g/mol. The van der Waals surface area contributed by atoms with Crippen LogP contribution < -0.4 is 4.90 Å². The second-order valence-electron chi connectivity index (χ2n) is 8.09. The van der Waals surface area contributed by atoms with E-state index in [1.165, 1.54) is 0 Å². The third-order valence-electron chi connectivity index (χ3n) is 6.17. The number of aryl methyl sites for hydroxylation is 1. The minimum atomic E-state index is 0.527. The second kappa shape index (κ2) is 8.39. The highest BCUT2D eigenvalue weighted by Crippen LogP contribution is 2.32. The fourth-order valence-corrected chi connectivity index (χ4v) is 4.43. The molecule has 0 radical (unpaired) electrons. The zero-order valence-electron chi connectivity index (χ0n) is 17.9. The highest BCUT2D eigenvalue weighted by Gasteiger charge is 2.25. The molecule has 0 amide bonds. The molecule has 0 saturated carbocycles. The molecular formula is C23H26N8. The number of fused-ring (bicyclic) bond motifs is 1. The molecular weight excluding hydrogens is 388 g/mol. The maximum Gasteiger partial charge on any atom is 0.159 e. The van der Waals surface area contributed by atoms with E-state index in [2.05, 4.69) is 66.4 Å². The van der Waals surface area contributed by atoms with Gasteiger partial charge in [0.25, 0.3) is 0 Å². The molecule has 4 aromatic rings. The standard InChI is InChI=1S/C23H26N8/c1-29(15-17-7-11-24-16-25-17)18-9-13-31(14-10-18)23-20-6-4-3-5-19(20)22(27-28-23)21-8-12-26-30(21)2/h3-8,11-12,16,18H,9-10,13-15H2,1-2H3. The van der Waals surface area contributed by atoms with Crippen LogP contribution in [0, 0.1) is 0 Å². The number of nitrogens with zero attached hydrogens (tertiary/aromatic N) is 8. The Morgan fingerprint density at radius 2 is 1.81 bits per heavy atom. The summed E-state index contributed by atoms with van der Waals surface area (Å²) in [4.78, 5) is 13.1. The van der Waals surface area contributed by atoms with E-state index in [1.54, 1.807) is 18.7 Å². The van der Waals surface area contributed by atoms with Crippen LogP contribution in [0.2, 0.25) is 0 Å². The molecule has 1 saturated heterocycles. The Kier molecular flexibility index (Phi) is 5.30. The third kappa shape index (κ3) is 3.86. The number of hydrogen-bond acceptors (Lipinski definition) is 7. The molecule has 31 heavy (non-hydrogen) atoms. The smallest absolute Gasteiger partial charge is 0.159 e. The van der Waals surface area contributed by atoms with E-state index in [1.807, 2.05) is 23.9 Å². The summed E-state index contributed by atoms with van der Waals surface area (Å²) in [6.07, 6.45) is 7.38. The van der Waals surface area contributed by atoms with Crippen LogP contribution in [0.25, 0.3) is 22.2 Å². The van der Waals surface area contributed by atoms with Gasteiger partial charge in [0.05, 0.1) is 11.4 Å². The van der Waals surface area contributed by atoms with E-state index < -0.39 is 0 Å². The highest BCUT2D eigenvalue weighted by atomic mass is 15.3. The molecule has 5 rings (SSSR count). The summed E-state index contributed by atoms with van der Waals surface area (Å²) in [6, 6.07) is 12.9. The van der Waals surface area contributed by atoms with Crippen LogP contribution in [-0.2, 0) is 13.6 Å². The molecule has 158 valence electrons. The van der Waals surface area contributed by atoms with Crippen LogP contribution in [-0.4, -0.2) is 61.0 Å². The summed E-state index contributed by atoms with van der Waals surface area (Å²) in [5.74, 6) is 0.971. The van der Waals surface area contributed by atoms with Crippen LogP contribution in [0.15, 0.2) is 55.1 Å². The first-order valence-electron chi connectivity index (χ1n) is 10.6. The minimum Gasteiger partial charge on any atom is -0.354 e. The number of benzene rings is 1. The lowest BCUT2D eigenvalue weighted by molar-refractivity contribution is 0.198. The van der Waals surface area contributed by atoms with Crippen molar-refractivity contribution in [2.24, 2.45) is 7.05 Å². The monoisotopic (exact) mass is 414 g/mol. The number of hydrogen-bond donors (Lipinski definition) is 0. The SMILES string of the molecule is CN(Cc1ccncn1)C1CCN(c2nnc(-c3ccnn3C)c3ccccc23)CC1. The Morgan fingerprint density at radius 1 is 1.00 bits per heavy atom. The van der Waals surface area contributed by atoms with E-state index in [0.717, 1.165) is 66.1 Å². The Balaban J connectivity index is 1.35. The van der Waals surface area contributed by atoms with E-state index in [-0.39, 0.29) is 0 Å². The Hall–Kier alpha value is -3.39. The molecule has 0 spiro atoms. The van der Waals surface area contributed by atoms with Gasteiger partial charge in [-0.2, -0.15) is 5.10 Å². The first-order chi connectivity index (χ1) is 15.2. The average Bonchev–Trinajstić information content (AvgIpc) is 3.24. The van der Waals surface area contributed by atoms with Gasteiger partial charge in [-0.05, 0) is 32.0 Å². The summed E-state index contributed by atoms with van der Waals surface area (Å²) in [6.45, 7) is 2.76. The summed E-state index contributed by atoms with van der Waals surface area (Å²) in [5.41, 5.74) is 2.90. The van der Waals surface area contributed by atoms with Crippen molar-refractivity contribution in [3.8, 4) is 11.4 Å². The van der Waals surface area contributed by atoms with Crippen LogP contribution in [0.5, 0.6) is 0 Å². The zero-order chi connectivity index (χ0) is 21.2. The van der Waals surface area contributed by atoms with E-state index in [0.29, 0.717) is 6.04 Å². The fourth-order valence-electron chi connectivity index (χ4n) is 4.43. The molecule has 0 bridgehead atoms. The lowest BCUT2D eigenvalue weighted by Crippen LogP contribution is -2.43. The Labute approximate surface area is 181 Å². The van der Waals surface area contributed by atoms with Gasteiger partial charge in [-0.1, -0.05) is 24.3 Å². The van der Waals surface area contributed by atoms with Crippen molar-refractivity contribution in [3.63, 3.8) is 0 Å². The Bertz CT molecular complexity index is 1160. The van der Waals surface area contributed by atoms with Crippen molar-refractivity contribution >= 4 is 16.6 Å². The largest absolute Gasteiger partial charge is 0.354 e. The maximum atomic E-state index is 4.67. The quantitative estimate of drug-likeness (QED) is 0.497. The molecule has 1 aliphatic rings. The third-order valence-corrected chi connectivity index (χ3v) is 6.17. The molecule has 0 aliphatic carbocycles. The van der Waals surface area contributed by atoms with Gasteiger partial charge in [0.1, 0.15) is 12.0 Å². The van der Waals surface area contributed by atoms with E-state index >= 15 is 0 Å². The van der Waals surface area contributed by atoms with Gasteiger partial charge in [-0.25, -0.2) is 9.97 Å². The van der Waals surface area contributed by atoms with Crippen LogP contribution in [0.3, 0.4) is 0 Å². The summed E-state index contributed by atoms with van der Waals surface area (Å²) in [7, 11) is 4.11. The number of rotatable bonds is 5. The van der Waals surface area contributed by atoms with Gasteiger partial charge in [-0.3, -0.25) is 9.58 Å². The summed E-state index contributed by atoms with van der Waals surface area (Å²) < 4.78 is 1.84. The topological polar surface area (TPSA) is 75.9 Å². The number of piperidine rings is 1. The van der Waals surface area contributed by atoms with Crippen molar-refractivity contribution < 1.29 is 0 Å². The predicted molar refractivity (Wildman–Crippen MR) is 120 cm³/mol. The lowest BCUT2D eigenvalue weighted by Gasteiger charge is -2.37. The van der Waals surface area contributed by atoms with Gasteiger partial charge < -0.3 is 4.90 Å². The zero-order valence-corrected chi connectivity index (χ0v) is 17.9. The van der Waals surface area contributed by atoms with Crippen molar-refractivity contribution in [1.29, 1.82) is 0 Å². The molecule has 0 N–H and O–H groups in total. The fraction of sp³-hybridized carbons (Fsp3) is 0.348. The summed E-state index contributed by atoms with van der Waals surface area (Å²) >= 11 is 0. The first kappa shape index (κ1) is 19.6. The van der Waals surface area contributed by atoms with Gasteiger partial charge in [-0.15, -0.1) is 10.2 Å². The first-order valence-corrected chi connectivity index (χ1v) is 10.6. The van der Waals surface area contributed by atoms with Gasteiger partial charge in [0.15, 0.2) is 5.82 Å². The lowest BCUT2D eigenvalue weighted by atomic mass is 10.0. The van der Waals surface area contributed by atoms with E-state index in [4.69, 9.17) is 0 Å². The van der Waals surface area contributed by atoms with Crippen molar-refractivity contribution in [2.75, 3.05) is 25.0 Å². The normalized spacial score (nSPS) is 15.1. The molecule has 1 aliphatic heterocycles. The summed E-state index contributed by atoms with van der Waals surface area (Å²) in [5, 5.41) is 15.8. The minimum absolute atomic E-state index is 0.527. The van der Waals surface area contributed by atoms with Gasteiger partial charge in [0.2, 0.25) is 0 Å². The highest BCUT2D eigenvalue weighted by molar-refractivity contribution is 5.99. The molecule has 1 fully saturated rings. The van der Waals surface area contributed by atoms with Crippen molar-refractivity contribution in [1.82, 2.24) is 34.8 Å². The van der Waals surface area contributed by atoms with Crippen molar-refractivity contribution in [2.45, 2.75) is 25.4 Å². The number of aromatic nitrogens is 6.